The molecule has 2 aromatic carbocycles. The van der Waals surface area contributed by atoms with E-state index in [0.29, 0.717) is 17.9 Å². The Kier molecular flexibility index (Phi) is 6.16. The molecule has 0 fully saturated rings. The Hall–Kier alpha value is -3.09. The average molecular weight is 421 g/mol. The lowest BCUT2D eigenvalue weighted by Crippen LogP contribution is -2.12. The highest BCUT2D eigenvalue weighted by atomic mass is 32.1. The first kappa shape index (κ1) is 20.2. The number of ether oxygens (including phenoxy) is 1. The van der Waals surface area contributed by atoms with Crippen LogP contribution in [-0.4, -0.2) is 29.2 Å². The number of aromatic amines is 1. The van der Waals surface area contributed by atoms with Crippen molar-refractivity contribution >= 4 is 28.1 Å². The third-order valence-electron chi connectivity index (χ3n) is 5.18. The number of carbonyl (C=O) groups excluding carboxylic acids is 1. The quantitative estimate of drug-likeness (QED) is 0.443. The molecule has 0 radical (unpaired) electrons. The Morgan fingerprint density at radius 3 is 2.83 bits per heavy atom. The van der Waals surface area contributed by atoms with Gasteiger partial charge in [0, 0.05) is 30.1 Å². The molecule has 0 saturated heterocycles. The monoisotopic (exact) mass is 420 g/mol. The van der Waals surface area contributed by atoms with Crippen molar-refractivity contribution in [3.8, 4) is 16.9 Å². The van der Waals surface area contributed by atoms with Gasteiger partial charge in [0.15, 0.2) is 0 Å². The standard InChI is InChI=1S/C13H11NO2S.C11H13NO/c14-13(15)11-6-10(9-2-4-17-7-9)5-8-1-3-16-12(8)11;13-7-3-4-9-8-12-11-6-2-1-5-10(9)11/h2,4-7H,1,3H2,(H2,14,15);1-2,5-6,8,12-13H,3-4,7H2. The Balaban J connectivity index is 0.000000151. The fourth-order valence-electron chi connectivity index (χ4n) is 3.69. The van der Waals surface area contributed by atoms with Crippen LogP contribution in [0.3, 0.4) is 0 Å². The number of hydrogen-bond acceptors (Lipinski definition) is 4. The van der Waals surface area contributed by atoms with Crippen molar-refractivity contribution < 1.29 is 14.6 Å². The molecule has 0 aliphatic carbocycles. The van der Waals surface area contributed by atoms with Gasteiger partial charge < -0.3 is 20.6 Å². The van der Waals surface area contributed by atoms with Crippen molar-refractivity contribution in [1.29, 1.82) is 0 Å². The number of hydrogen-bond donors (Lipinski definition) is 3. The number of para-hydroxylation sites is 1. The second-order valence-corrected chi connectivity index (χ2v) is 7.95. The number of aliphatic hydroxyl groups excluding tert-OH is 1. The van der Waals surface area contributed by atoms with Gasteiger partial charge in [0.25, 0.3) is 5.91 Å². The number of aromatic nitrogens is 1. The Morgan fingerprint density at radius 1 is 1.20 bits per heavy atom. The molecule has 30 heavy (non-hydrogen) atoms. The van der Waals surface area contributed by atoms with Gasteiger partial charge in [-0.2, -0.15) is 11.3 Å². The summed E-state index contributed by atoms with van der Waals surface area (Å²) in [5, 5.41) is 14.1. The van der Waals surface area contributed by atoms with Crippen molar-refractivity contribution in [2.45, 2.75) is 19.3 Å². The summed E-state index contributed by atoms with van der Waals surface area (Å²) < 4.78 is 5.47. The topological polar surface area (TPSA) is 88.3 Å². The van der Waals surface area contributed by atoms with E-state index in [9.17, 15) is 4.79 Å². The molecular formula is C24H24N2O3S. The van der Waals surface area contributed by atoms with Gasteiger partial charge in [-0.1, -0.05) is 18.2 Å². The van der Waals surface area contributed by atoms with Crippen LogP contribution in [0.25, 0.3) is 22.0 Å². The highest BCUT2D eigenvalue weighted by Crippen LogP contribution is 2.35. The maximum absolute atomic E-state index is 11.4. The number of rotatable bonds is 5. The molecule has 3 heterocycles. The van der Waals surface area contributed by atoms with E-state index in [1.807, 2.05) is 35.8 Å². The van der Waals surface area contributed by atoms with E-state index < -0.39 is 5.91 Å². The summed E-state index contributed by atoms with van der Waals surface area (Å²) in [7, 11) is 0. The van der Waals surface area contributed by atoms with Crippen LogP contribution in [0, 0.1) is 0 Å². The maximum atomic E-state index is 11.4. The van der Waals surface area contributed by atoms with E-state index in [1.54, 1.807) is 11.3 Å². The van der Waals surface area contributed by atoms with Gasteiger partial charge in [0.05, 0.1) is 12.2 Å². The molecule has 0 saturated carbocycles. The van der Waals surface area contributed by atoms with Gasteiger partial charge in [-0.25, -0.2) is 0 Å². The Morgan fingerprint density at radius 2 is 2.07 bits per heavy atom. The number of primary amides is 1. The van der Waals surface area contributed by atoms with E-state index in [2.05, 4.69) is 28.6 Å². The van der Waals surface area contributed by atoms with Crippen molar-refractivity contribution in [1.82, 2.24) is 4.98 Å². The summed E-state index contributed by atoms with van der Waals surface area (Å²) >= 11 is 1.63. The molecular weight excluding hydrogens is 396 g/mol. The maximum Gasteiger partial charge on any atom is 0.252 e. The molecule has 0 bridgehead atoms. The number of nitrogens with two attached hydrogens (primary N) is 1. The predicted molar refractivity (Wildman–Crippen MR) is 121 cm³/mol. The molecule has 0 spiro atoms. The molecule has 5 rings (SSSR count). The highest BCUT2D eigenvalue weighted by Gasteiger charge is 2.21. The van der Waals surface area contributed by atoms with Gasteiger partial charge >= 0.3 is 0 Å². The number of carbonyl (C=O) groups is 1. The molecule has 0 atom stereocenters. The zero-order chi connectivity index (χ0) is 20.9. The van der Waals surface area contributed by atoms with E-state index in [4.69, 9.17) is 15.6 Å². The van der Waals surface area contributed by atoms with Gasteiger partial charge in [-0.15, -0.1) is 0 Å². The number of aliphatic hydroxyl groups is 1. The number of fused-ring (bicyclic) bond motifs is 2. The number of thiophene rings is 1. The minimum absolute atomic E-state index is 0.263. The number of H-pyrrole nitrogens is 1. The average Bonchev–Trinajstić information content (AvgIpc) is 3.52. The molecule has 1 amide bonds. The summed E-state index contributed by atoms with van der Waals surface area (Å²) in [4.78, 5) is 14.6. The second-order valence-electron chi connectivity index (χ2n) is 7.17. The molecule has 4 aromatic rings. The van der Waals surface area contributed by atoms with Gasteiger partial charge in [0.1, 0.15) is 5.75 Å². The van der Waals surface area contributed by atoms with Crippen LogP contribution in [0.2, 0.25) is 0 Å². The smallest absolute Gasteiger partial charge is 0.252 e. The Labute approximate surface area is 179 Å². The molecule has 0 unspecified atom stereocenters. The van der Waals surface area contributed by atoms with E-state index in [1.165, 1.54) is 16.5 Å². The highest BCUT2D eigenvalue weighted by molar-refractivity contribution is 7.08. The molecule has 5 nitrogen and oxygen atoms in total. The fourth-order valence-corrected chi connectivity index (χ4v) is 4.36. The van der Waals surface area contributed by atoms with E-state index in [0.717, 1.165) is 36.0 Å². The first-order chi connectivity index (χ1) is 14.7. The summed E-state index contributed by atoms with van der Waals surface area (Å²) in [5.41, 5.74) is 11.6. The first-order valence-electron chi connectivity index (χ1n) is 9.95. The summed E-state index contributed by atoms with van der Waals surface area (Å²) in [6.07, 6.45) is 4.65. The Bertz CT molecular complexity index is 1150. The number of amides is 1. The van der Waals surface area contributed by atoms with Crippen LogP contribution in [0.5, 0.6) is 5.75 Å². The van der Waals surface area contributed by atoms with Crippen LogP contribution in [0.15, 0.2) is 59.4 Å². The van der Waals surface area contributed by atoms with Gasteiger partial charge in [-0.05, 0) is 70.1 Å². The van der Waals surface area contributed by atoms with Crippen LogP contribution < -0.4 is 10.5 Å². The van der Waals surface area contributed by atoms with E-state index >= 15 is 0 Å². The van der Waals surface area contributed by atoms with Crippen LogP contribution in [0.4, 0.5) is 0 Å². The molecule has 154 valence electrons. The largest absolute Gasteiger partial charge is 0.492 e. The van der Waals surface area contributed by atoms with Crippen molar-refractivity contribution in [3.63, 3.8) is 0 Å². The third-order valence-corrected chi connectivity index (χ3v) is 5.87. The van der Waals surface area contributed by atoms with Gasteiger partial charge in [0.2, 0.25) is 0 Å². The number of nitrogens with one attached hydrogen (secondary N) is 1. The van der Waals surface area contributed by atoms with Crippen LogP contribution in [0.1, 0.15) is 27.9 Å². The van der Waals surface area contributed by atoms with Crippen LogP contribution >= 0.6 is 11.3 Å². The lowest BCUT2D eigenvalue weighted by Gasteiger charge is -2.07. The molecule has 1 aliphatic heterocycles. The molecule has 4 N–H and O–H groups in total. The zero-order valence-electron chi connectivity index (χ0n) is 16.6. The van der Waals surface area contributed by atoms with Crippen molar-refractivity contribution in [2.75, 3.05) is 13.2 Å². The third kappa shape index (κ3) is 4.25. The molecule has 6 heteroatoms. The number of aryl methyl sites for hydroxylation is 1. The predicted octanol–water partition coefficient (Wildman–Crippen LogP) is 4.54. The minimum atomic E-state index is -0.430. The first-order valence-corrected chi connectivity index (χ1v) is 10.9. The summed E-state index contributed by atoms with van der Waals surface area (Å²) in [5.74, 6) is 0.233. The van der Waals surface area contributed by atoms with Crippen molar-refractivity contribution in [2.24, 2.45) is 5.73 Å². The van der Waals surface area contributed by atoms with Crippen LogP contribution in [-0.2, 0) is 12.8 Å². The second kappa shape index (κ2) is 9.15. The lowest BCUT2D eigenvalue weighted by molar-refractivity contribution is 0.0997. The summed E-state index contributed by atoms with van der Waals surface area (Å²) in [6, 6.07) is 14.2. The van der Waals surface area contributed by atoms with Gasteiger partial charge in [-0.3, -0.25) is 4.79 Å². The van der Waals surface area contributed by atoms with E-state index in [-0.39, 0.29) is 6.61 Å². The summed E-state index contributed by atoms with van der Waals surface area (Å²) in [6.45, 7) is 0.891. The SMILES string of the molecule is NC(=O)c1cc(-c2ccsc2)cc2c1OCC2.OCCCc1c[nH]c2ccccc12. The molecule has 2 aromatic heterocycles. The fraction of sp³-hybridized carbons (Fsp3) is 0.208. The minimum Gasteiger partial charge on any atom is -0.492 e. The number of benzene rings is 2. The normalized spacial score (nSPS) is 12.2. The lowest BCUT2D eigenvalue weighted by atomic mass is 10.00. The zero-order valence-corrected chi connectivity index (χ0v) is 17.4. The van der Waals surface area contributed by atoms with Crippen molar-refractivity contribution in [3.05, 3.63) is 76.1 Å². The molecule has 1 aliphatic rings.